The Kier molecular flexibility index (Phi) is 5.16. The van der Waals surface area contributed by atoms with Gasteiger partial charge >= 0.3 is 0 Å². The van der Waals surface area contributed by atoms with E-state index in [1.807, 2.05) is 65.6 Å². The minimum atomic E-state index is 0.104. The second-order valence-corrected chi connectivity index (χ2v) is 4.92. The third-order valence-corrected chi connectivity index (χ3v) is 3.38. The van der Waals surface area contributed by atoms with E-state index in [1.54, 1.807) is 0 Å². The summed E-state index contributed by atoms with van der Waals surface area (Å²) in [5.41, 5.74) is 2.29. The maximum atomic E-state index is 12.0. The van der Waals surface area contributed by atoms with E-state index in [9.17, 15) is 4.79 Å². The van der Waals surface area contributed by atoms with Crippen molar-refractivity contribution in [1.82, 2.24) is 4.90 Å². The van der Waals surface area contributed by atoms with E-state index in [2.05, 4.69) is 15.9 Å². The Balaban J connectivity index is 2.10. The van der Waals surface area contributed by atoms with E-state index in [4.69, 9.17) is 0 Å². The molecule has 2 aromatic rings. The van der Waals surface area contributed by atoms with Gasteiger partial charge in [-0.05, 0) is 11.1 Å². The Morgan fingerprint density at radius 3 is 1.63 bits per heavy atom. The SMILES string of the molecule is O=C(CBr)N(Cc1ccccc1)Cc1ccccc1. The van der Waals surface area contributed by atoms with Gasteiger partial charge in [0.15, 0.2) is 0 Å². The molecule has 0 atom stereocenters. The van der Waals surface area contributed by atoms with E-state index in [-0.39, 0.29) is 5.91 Å². The molecule has 98 valence electrons. The largest absolute Gasteiger partial charge is 0.333 e. The summed E-state index contributed by atoms with van der Waals surface area (Å²) in [6.45, 7) is 1.28. The molecule has 2 aromatic carbocycles. The molecule has 1 amide bonds. The maximum absolute atomic E-state index is 12.0. The fourth-order valence-corrected chi connectivity index (χ4v) is 2.28. The first-order valence-corrected chi connectivity index (χ1v) is 7.33. The highest BCUT2D eigenvalue weighted by Gasteiger charge is 2.12. The van der Waals surface area contributed by atoms with Gasteiger partial charge in [0.25, 0.3) is 0 Å². The lowest BCUT2D eigenvalue weighted by atomic mass is 10.1. The second kappa shape index (κ2) is 7.10. The fourth-order valence-electron chi connectivity index (χ4n) is 1.92. The van der Waals surface area contributed by atoms with Crippen LogP contribution in [-0.4, -0.2) is 16.1 Å². The molecule has 0 saturated heterocycles. The van der Waals surface area contributed by atoms with Crippen LogP contribution >= 0.6 is 15.9 Å². The molecule has 0 N–H and O–H groups in total. The predicted octanol–water partition coefficient (Wildman–Crippen LogP) is 3.61. The van der Waals surface area contributed by atoms with Crippen LogP contribution in [0.2, 0.25) is 0 Å². The van der Waals surface area contributed by atoms with Gasteiger partial charge in [0.2, 0.25) is 5.91 Å². The summed E-state index contributed by atoms with van der Waals surface area (Å²) in [6.07, 6.45) is 0. The first-order valence-electron chi connectivity index (χ1n) is 6.21. The standard InChI is InChI=1S/C16H16BrNO/c17-11-16(19)18(12-14-7-3-1-4-8-14)13-15-9-5-2-6-10-15/h1-10H,11-13H2. The van der Waals surface area contributed by atoms with Crippen LogP contribution in [0.5, 0.6) is 0 Å². The van der Waals surface area contributed by atoms with Gasteiger partial charge in [0.05, 0.1) is 5.33 Å². The van der Waals surface area contributed by atoms with E-state index < -0.39 is 0 Å². The summed E-state index contributed by atoms with van der Waals surface area (Å²) in [6, 6.07) is 20.1. The van der Waals surface area contributed by atoms with E-state index >= 15 is 0 Å². The van der Waals surface area contributed by atoms with Gasteiger partial charge < -0.3 is 4.90 Å². The molecule has 3 heteroatoms. The highest BCUT2D eigenvalue weighted by Crippen LogP contribution is 2.11. The van der Waals surface area contributed by atoms with Crippen LogP contribution in [0.1, 0.15) is 11.1 Å². The molecule has 2 rings (SSSR count). The van der Waals surface area contributed by atoms with Crippen LogP contribution in [0.3, 0.4) is 0 Å². The molecule has 0 aliphatic carbocycles. The molecule has 0 aromatic heterocycles. The molecular formula is C16H16BrNO. The number of alkyl halides is 1. The minimum absolute atomic E-state index is 0.104. The van der Waals surface area contributed by atoms with Gasteiger partial charge in [-0.2, -0.15) is 0 Å². The second-order valence-electron chi connectivity index (χ2n) is 4.35. The van der Waals surface area contributed by atoms with Crippen molar-refractivity contribution in [3.63, 3.8) is 0 Å². The summed E-state index contributed by atoms with van der Waals surface area (Å²) in [4.78, 5) is 13.9. The summed E-state index contributed by atoms with van der Waals surface area (Å²) < 4.78 is 0. The molecule has 0 saturated carbocycles. The van der Waals surface area contributed by atoms with Crippen molar-refractivity contribution in [3.05, 3.63) is 71.8 Å². The third-order valence-electron chi connectivity index (χ3n) is 2.90. The molecule has 2 nitrogen and oxygen atoms in total. The highest BCUT2D eigenvalue weighted by molar-refractivity contribution is 9.09. The Labute approximate surface area is 122 Å². The number of halogens is 1. The Morgan fingerprint density at radius 1 is 0.842 bits per heavy atom. The molecule has 0 unspecified atom stereocenters. The van der Waals surface area contributed by atoms with Crippen LogP contribution in [0, 0.1) is 0 Å². The minimum Gasteiger partial charge on any atom is -0.333 e. The smallest absolute Gasteiger partial charge is 0.233 e. The molecule has 0 fully saturated rings. The zero-order chi connectivity index (χ0) is 13.5. The number of nitrogens with zero attached hydrogens (tertiary/aromatic N) is 1. The molecular weight excluding hydrogens is 302 g/mol. The zero-order valence-electron chi connectivity index (χ0n) is 10.6. The Morgan fingerprint density at radius 2 is 1.26 bits per heavy atom. The predicted molar refractivity (Wildman–Crippen MR) is 80.9 cm³/mol. The number of carbonyl (C=O) groups excluding carboxylic acids is 1. The lowest BCUT2D eigenvalue weighted by molar-refractivity contribution is -0.129. The first kappa shape index (κ1) is 13.8. The summed E-state index contributed by atoms with van der Waals surface area (Å²) in [5, 5.41) is 0.354. The third kappa shape index (κ3) is 4.21. The lowest BCUT2D eigenvalue weighted by Gasteiger charge is -2.22. The van der Waals surface area contributed by atoms with Crippen molar-refractivity contribution in [2.24, 2.45) is 0 Å². The molecule has 0 bridgehead atoms. The molecule has 0 radical (unpaired) electrons. The van der Waals surface area contributed by atoms with Crippen molar-refractivity contribution in [2.45, 2.75) is 13.1 Å². The lowest BCUT2D eigenvalue weighted by Crippen LogP contribution is -2.30. The van der Waals surface area contributed by atoms with Gasteiger partial charge in [-0.3, -0.25) is 4.79 Å². The maximum Gasteiger partial charge on any atom is 0.233 e. The van der Waals surface area contributed by atoms with Crippen molar-refractivity contribution in [3.8, 4) is 0 Å². The monoisotopic (exact) mass is 317 g/mol. The Bertz CT molecular complexity index is 471. The average Bonchev–Trinajstić information content (AvgIpc) is 2.48. The quantitative estimate of drug-likeness (QED) is 0.771. The van der Waals surface area contributed by atoms with E-state index in [0.29, 0.717) is 18.4 Å². The van der Waals surface area contributed by atoms with Gasteiger partial charge in [-0.25, -0.2) is 0 Å². The summed E-state index contributed by atoms with van der Waals surface area (Å²) >= 11 is 3.25. The van der Waals surface area contributed by atoms with Crippen molar-refractivity contribution < 1.29 is 4.79 Å². The average molecular weight is 318 g/mol. The molecule has 0 aliphatic rings. The molecule has 0 aliphatic heterocycles. The van der Waals surface area contributed by atoms with Crippen LogP contribution < -0.4 is 0 Å². The van der Waals surface area contributed by atoms with Gasteiger partial charge in [0, 0.05) is 13.1 Å². The number of benzene rings is 2. The van der Waals surface area contributed by atoms with Gasteiger partial charge in [-0.15, -0.1) is 0 Å². The van der Waals surface area contributed by atoms with Crippen LogP contribution in [0.15, 0.2) is 60.7 Å². The first-order chi connectivity index (χ1) is 9.29. The number of hydrogen-bond acceptors (Lipinski definition) is 1. The van der Waals surface area contributed by atoms with Crippen LogP contribution in [0.4, 0.5) is 0 Å². The molecule has 0 spiro atoms. The van der Waals surface area contributed by atoms with Crippen LogP contribution in [0.25, 0.3) is 0 Å². The Hall–Kier alpha value is -1.61. The number of carbonyl (C=O) groups is 1. The van der Waals surface area contributed by atoms with Crippen molar-refractivity contribution in [2.75, 3.05) is 5.33 Å². The van der Waals surface area contributed by atoms with E-state index in [1.165, 1.54) is 0 Å². The van der Waals surface area contributed by atoms with E-state index in [0.717, 1.165) is 11.1 Å². The summed E-state index contributed by atoms with van der Waals surface area (Å²) in [5.74, 6) is 0.104. The number of amides is 1. The van der Waals surface area contributed by atoms with Gasteiger partial charge in [0.1, 0.15) is 0 Å². The fraction of sp³-hybridized carbons (Fsp3) is 0.188. The zero-order valence-corrected chi connectivity index (χ0v) is 12.2. The number of rotatable bonds is 5. The summed E-state index contributed by atoms with van der Waals surface area (Å²) in [7, 11) is 0. The molecule has 0 heterocycles. The highest BCUT2D eigenvalue weighted by atomic mass is 79.9. The van der Waals surface area contributed by atoms with Crippen molar-refractivity contribution in [1.29, 1.82) is 0 Å². The van der Waals surface area contributed by atoms with Crippen LogP contribution in [-0.2, 0) is 17.9 Å². The van der Waals surface area contributed by atoms with Gasteiger partial charge in [-0.1, -0.05) is 76.6 Å². The topological polar surface area (TPSA) is 20.3 Å². The molecule has 19 heavy (non-hydrogen) atoms. The normalized spacial score (nSPS) is 10.2. The number of hydrogen-bond donors (Lipinski definition) is 0. The van der Waals surface area contributed by atoms with Crippen molar-refractivity contribution >= 4 is 21.8 Å².